The van der Waals surface area contributed by atoms with Crippen LogP contribution >= 0.6 is 0 Å². The number of aromatic hydroxyl groups is 1. The van der Waals surface area contributed by atoms with Crippen molar-refractivity contribution < 1.29 is 14.4 Å². The van der Waals surface area contributed by atoms with Gasteiger partial charge < -0.3 is 14.9 Å². The zero-order valence-corrected chi connectivity index (χ0v) is 8.60. The Morgan fingerprint density at radius 2 is 2.25 bits per heavy atom. The molecule has 0 unspecified atom stereocenters. The molecule has 2 N–H and O–H groups in total. The highest BCUT2D eigenvalue weighted by Gasteiger charge is 2.11. The van der Waals surface area contributed by atoms with Crippen LogP contribution in [0.5, 0.6) is 5.75 Å². The van der Waals surface area contributed by atoms with E-state index in [0.29, 0.717) is 5.69 Å². The number of anilines is 1. The second-order valence-corrected chi connectivity index (χ2v) is 3.35. The van der Waals surface area contributed by atoms with Crippen LogP contribution in [-0.2, 0) is 0 Å². The van der Waals surface area contributed by atoms with Crippen molar-refractivity contribution in [1.82, 2.24) is 5.16 Å². The second-order valence-electron chi connectivity index (χ2n) is 3.35. The van der Waals surface area contributed by atoms with Crippen LogP contribution in [0.4, 0.5) is 5.69 Å². The number of phenols is 1. The predicted molar refractivity (Wildman–Crippen MR) is 57.3 cm³/mol. The lowest BCUT2D eigenvalue weighted by Gasteiger charge is -2.05. The topological polar surface area (TPSA) is 75.4 Å². The van der Waals surface area contributed by atoms with Gasteiger partial charge in [-0.3, -0.25) is 4.79 Å². The maximum Gasteiger partial charge on any atom is 0.294 e. The Balaban J connectivity index is 2.18. The Kier molecular flexibility index (Phi) is 2.59. The molecule has 1 amide bonds. The average Bonchev–Trinajstić information content (AvgIpc) is 2.75. The first-order chi connectivity index (χ1) is 7.66. The van der Waals surface area contributed by atoms with Crippen LogP contribution in [0.25, 0.3) is 0 Å². The summed E-state index contributed by atoms with van der Waals surface area (Å²) in [6.07, 6.45) is 1.38. The third-order valence-corrected chi connectivity index (χ3v) is 2.06. The molecule has 5 nitrogen and oxygen atoms in total. The van der Waals surface area contributed by atoms with Crippen molar-refractivity contribution in [2.75, 3.05) is 5.32 Å². The number of carbonyl (C=O) groups excluding carboxylic acids is 1. The average molecular weight is 218 g/mol. The van der Waals surface area contributed by atoms with Crippen molar-refractivity contribution in [3.8, 4) is 5.75 Å². The van der Waals surface area contributed by atoms with E-state index in [9.17, 15) is 9.90 Å². The third-order valence-electron chi connectivity index (χ3n) is 2.06. The first kappa shape index (κ1) is 10.2. The highest BCUT2D eigenvalue weighted by atomic mass is 16.5. The summed E-state index contributed by atoms with van der Waals surface area (Å²) in [6, 6.07) is 6.42. The summed E-state index contributed by atoms with van der Waals surface area (Å²) in [5, 5.41) is 15.5. The third kappa shape index (κ3) is 2.03. The number of nitrogens with one attached hydrogen (secondary N) is 1. The number of aromatic nitrogens is 1. The molecule has 2 aromatic rings. The predicted octanol–water partition coefficient (Wildman–Crippen LogP) is 1.94. The molecule has 82 valence electrons. The number of hydrogen-bond donors (Lipinski definition) is 2. The molecule has 1 aromatic carbocycles. The quantitative estimate of drug-likeness (QED) is 0.755. The molecule has 2 rings (SSSR count). The van der Waals surface area contributed by atoms with Gasteiger partial charge in [-0.05, 0) is 24.6 Å². The monoisotopic (exact) mass is 218 g/mol. The van der Waals surface area contributed by atoms with Gasteiger partial charge in [0.15, 0.2) is 0 Å². The van der Waals surface area contributed by atoms with Gasteiger partial charge in [-0.1, -0.05) is 11.2 Å². The first-order valence-electron chi connectivity index (χ1n) is 4.68. The van der Waals surface area contributed by atoms with Crippen LogP contribution in [0.15, 0.2) is 35.0 Å². The Labute approximate surface area is 91.7 Å². The highest BCUT2D eigenvalue weighted by Crippen LogP contribution is 2.24. The van der Waals surface area contributed by atoms with E-state index in [2.05, 4.69) is 15.0 Å². The van der Waals surface area contributed by atoms with E-state index < -0.39 is 5.91 Å². The Morgan fingerprint density at radius 1 is 1.44 bits per heavy atom. The number of amides is 1. The zero-order chi connectivity index (χ0) is 11.5. The van der Waals surface area contributed by atoms with E-state index in [-0.39, 0.29) is 11.5 Å². The Morgan fingerprint density at radius 3 is 2.88 bits per heavy atom. The van der Waals surface area contributed by atoms with E-state index >= 15 is 0 Å². The lowest BCUT2D eigenvalue weighted by Crippen LogP contribution is -2.10. The number of nitrogens with zero attached hydrogens (tertiary/aromatic N) is 1. The minimum absolute atomic E-state index is 0.0212. The molecule has 1 aromatic heterocycles. The minimum atomic E-state index is -0.448. The summed E-state index contributed by atoms with van der Waals surface area (Å²) in [4.78, 5) is 11.6. The maximum absolute atomic E-state index is 11.6. The van der Waals surface area contributed by atoms with Crippen LogP contribution in [0.3, 0.4) is 0 Å². The van der Waals surface area contributed by atoms with Crippen LogP contribution in [-0.4, -0.2) is 16.2 Å². The fraction of sp³-hybridized carbons (Fsp3) is 0.0909. The fourth-order valence-electron chi connectivity index (χ4n) is 1.26. The lowest BCUT2D eigenvalue weighted by atomic mass is 10.2. The van der Waals surface area contributed by atoms with Gasteiger partial charge in [-0.15, -0.1) is 0 Å². The number of benzene rings is 1. The molecular formula is C11H10N2O3. The summed E-state index contributed by atoms with van der Waals surface area (Å²) in [6.45, 7) is 1.85. The normalized spacial score (nSPS) is 10.1. The van der Waals surface area contributed by atoms with Gasteiger partial charge in [0.1, 0.15) is 5.75 Å². The van der Waals surface area contributed by atoms with E-state index in [1.165, 1.54) is 12.3 Å². The molecule has 0 spiro atoms. The molecule has 0 saturated heterocycles. The standard InChI is InChI=1S/C11H10N2O3/c1-7-2-3-8(9(14)6-7)13-11(15)10-4-5-12-16-10/h2-6,14H,1H3,(H,13,15). The molecule has 0 atom stereocenters. The van der Waals surface area contributed by atoms with E-state index in [1.807, 2.05) is 6.92 Å². The molecule has 0 bridgehead atoms. The maximum atomic E-state index is 11.6. The summed E-state index contributed by atoms with van der Waals surface area (Å²) in [7, 11) is 0. The number of hydrogen-bond acceptors (Lipinski definition) is 4. The highest BCUT2D eigenvalue weighted by molar-refractivity contribution is 6.02. The number of carbonyl (C=O) groups is 1. The van der Waals surface area contributed by atoms with Crippen LogP contribution in [0.1, 0.15) is 16.1 Å². The molecule has 0 aliphatic rings. The lowest BCUT2D eigenvalue weighted by molar-refractivity contribution is 0.0987. The largest absolute Gasteiger partial charge is 0.506 e. The second kappa shape index (κ2) is 4.06. The molecule has 0 saturated carbocycles. The van der Waals surface area contributed by atoms with Crippen LogP contribution in [0.2, 0.25) is 0 Å². The SMILES string of the molecule is Cc1ccc(NC(=O)c2ccno2)c(O)c1. The molecule has 16 heavy (non-hydrogen) atoms. The minimum Gasteiger partial charge on any atom is -0.506 e. The summed E-state index contributed by atoms with van der Waals surface area (Å²) >= 11 is 0. The van der Waals surface area contributed by atoms with Crippen molar-refractivity contribution in [1.29, 1.82) is 0 Å². The van der Waals surface area contributed by atoms with Gasteiger partial charge in [0.25, 0.3) is 5.91 Å². The van der Waals surface area contributed by atoms with Gasteiger partial charge in [0.2, 0.25) is 5.76 Å². The number of aryl methyl sites for hydroxylation is 1. The van der Waals surface area contributed by atoms with Gasteiger partial charge in [-0.25, -0.2) is 0 Å². The number of phenolic OH excluding ortho intramolecular Hbond substituents is 1. The van der Waals surface area contributed by atoms with Crippen molar-refractivity contribution in [3.05, 3.63) is 41.8 Å². The number of rotatable bonds is 2. The van der Waals surface area contributed by atoms with Crippen molar-refractivity contribution in [2.24, 2.45) is 0 Å². The van der Waals surface area contributed by atoms with E-state index in [1.54, 1.807) is 18.2 Å². The first-order valence-corrected chi connectivity index (χ1v) is 4.68. The summed E-state index contributed by atoms with van der Waals surface area (Å²) in [5.41, 5.74) is 1.25. The smallest absolute Gasteiger partial charge is 0.294 e. The fourth-order valence-corrected chi connectivity index (χ4v) is 1.26. The molecular weight excluding hydrogens is 208 g/mol. The zero-order valence-electron chi connectivity index (χ0n) is 8.60. The summed E-state index contributed by atoms with van der Waals surface area (Å²) < 4.78 is 4.69. The van der Waals surface area contributed by atoms with Crippen LogP contribution < -0.4 is 5.32 Å². The van der Waals surface area contributed by atoms with Gasteiger partial charge in [0, 0.05) is 6.07 Å². The van der Waals surface area contributed by atoms with Crippen molar-refractivity contribution >= 4 is 11.6 Å². The van der Waals surface area contributed by atoms with E-state index in [4.69, 9.17) is 0 Å². The van der Waals surface area contributed by atoms with Crippen LogP contribution in [0, 0.1) is 6.92 Å². The molecule has 0 aliphatic heterocycles. The molecule has 5 heteroatoms. The molecule has 0 radical (unpaired) electrons. The Hall–Kier alpha value is -2.30. The summed E-state index contributed by atoms with van der Waals surface area (Å²) in [5.74, 6) is -0.329. The van der Waals surface area contributed by atoms with Crippen molar-refractivity contribution in [3.63, 3.8) is 0 Å². The molecule has 0 fully saturated rings. The van der Waals surface area contributed by atoms with Gasteiger partial charge >= 0.3 is 0 Å². The molecule has 1 heterocycles. The van der Waals surface area contributed by atoms with Crippen molar-refractivity contribution in [2.45, 2.75) is 6.92 Å². The van der Waals surface area contributed by atoms with Gasteiger partial charge in [-0.2, -0.15) is 0 Å². The molecule has 0 aliphatic carbocycles. The Bertz CT molecular complexity index is 506. The van der Waals surface area contributed by atoms with Gasteiger partial charge in [0.05, 0.1) is 11.9 Å². The van der Waals surface area contributed by atoms with E-state index in [0.717, 1.165) is 5.56 Å².